The Morgan fingerprint density at radius 1 is 1.18 bits per heavy atom. The standard InChI is InChI=1S/C22H23NO5/c1-13(8-9-15-6-4-3-5-7-15)23-20(26)12-17-14(2)21-18(25)10-16(24)11-19(21)28-22(17)27/h3-7,10-11,13,24-25H,8-9,12H2,1-2H3,(H,23,26)/t13-/m1/s1. The van der Waals surface area contributed by atoms with Crippen molar-refractivity contribution in [2.75, 3.05) is 0 Å². The van der Waals surface area contributed by atoms with E-state index in [1.807, 2.05) is 37.3 Å². The van der Waals surface area contributed by atoms with Crippen molar-refractivity contribution < 1.29 is 19.4 Å². The first-order valence-corrected chi connectivity index (χ1v) is 9.16. The molecule has 0 aliphatic heterocycles. The molecule has 0 bridgehead atoms. The molecule has 3 N–H and O–H groups in total. The third-order valence-electron chi connectivity index (χ3n) is 4.80. The van der Waals surface area contributed by atoms with Gasteiger partial charge >= 0.3 is 5.63 Å². The highest BCUT2D eigenvalue weighted by atomic mass is 16.4. The Balaban J connectivity index is 1.71. The summed E-state index contributed by atoms with van der Waals surface area (Å²) in [5.74, 6) is -0.687. The fraction of sp³-hybridized carbons (Fsp3) is 0.273. The average molecular weight is 381 g/mol. The Morgan fingerprint density at radius 3 is 2.61 bits per heavy atom. The van der Waals surface area contributed by atoms with E-state index < -0.39 is 5.63 Å². The Kier molecular flexibility index (Phi) is 5.68. The lowest BCUT2D eigenvalue weighted by Crippen LogP contribution is -2.35. The summed E-state index contributed by atoms with van der Waals surface area (Å²) in [6.07, 6.45) is 1.48. The van der Waals surface area contributed by atoms with Gasteiger partial charge in [0.15, 0.2) is 0 Å². The largest absolute Gasteiger partial charge is 0.508 e. The van der Waals surface area contributed by atoms with E-state index in [1.54, 1.807) is 6.92 Å². The molecule has 6 heteroatoms. The second-order valence-corrected chi connectivity index (χ2v) is 7.00. The van der Waals surface area contributed by atoms with Crippen LogP contribution in [0.5, 0.6) is 11.5 Å². The minimum absolute atomic E-state index is 0.0501. The van der Waals surface area contributed by atoms with Gasteiger partial charge in [-0.25, -0.2) is 4.79 Å². The Labute approximate surface area is 162 Å². The average Bonchev–Trinajstić information content (AvgIpc) is 2.63. The number of aryl methyl sites for hydroxylation is 2. The van der Waals surface area contributed by atoms with Crippen LogP contribution in [0.3, 0.4) is 0 Å². The molecule has 0 unspecified atom stereocenters. The van der Waals surface area contributed by atoms with Gasteiger partial charge < -0.3 is 19.9 Å². The highest BCUT2D eigenvalue weighted by Crippen LogP contribution is 2.32. The van der Waals surface area contributed by atoms with Gasteiger partial charge in [-0.3, -0.25) is 4.79 Å². The van der Waals surface area contributed by atoms with Crippen molar-refractivity contribution in [1.82, 2.24) is 5.32 Å². The second kappa shape index (κ2) is 8.17. The van der Waals surface area contributed by atoms with Crippen molar-refractivity contribution in [3.8, 4) is 11.5 Å². The van der Waals surface area contributed by atoms with Crippen LogP contribution >= 0.6 is 0 Å². The molecule has 0 spiro atoms. The summed E-state index contributed by atoms with van der Waals surface area (Å²) >= 11 is 0. The first-order chi connectivity index (χ1) is 13.3. The molecule has 28 heavy (non-hydrogen) atoms. The number of carbonyl (C=O) groups excluding carboxylic acids is 1. The molecule has 0 aliphatic carbocycles. The van der Waals surface area contributed by atoms with E-state index in [0.29, 0.717) is 10.9 Å². The van der Waals surface area contributed by atoms with Crippen LogP contribution < -0.4 is 10.9 Å². The Hall–Kier alpha value is -3.28. The van der Waals surface area contributed by atoms with E-state index in [1.165, 1.54) is 17.7 Å². The lowest BCUT2D eigenvalue weighted by atomic mass is 10.0. The van der Waals surface area contributed by atoms with Crippen molar-refractivity contribution in [2.24, 2.45) is 0 Å². The topological polar surface area (TPSA) is 99.8 Å². The number of aromatic hydroxyl groups is 2. The number of carbonyl (C=O) groups is 1. The Morgan fingerprint density at radius 2 is 1.89 bits per heavy atom. The lowest BCUT2D eigenvalue weighted by molar-refractivity contribution is -0.121. The van der Waals surface area contributed by atoms with Crippen LogP contribution in [0.4, 0.5) is 0 Å². The van der Waals surface area contributed by atoms with Gasteiger partial charge in [0.2, 0.25) is 5.91 Å². The van der Waals surface area contributed by atoms with Gasteiger partial charge in [0, 0.05) is 18.2 Å². The van der Waals surface area contributed by atoms with E-state index in [4.69, 9.17) is 4.42 Å². The molecule has 0 radical (unpaired) electrons. The first kappa shape index (κ1) is 19.5. The SMILES string of the molecule is Cc1c(CC(=O)N[C@H](C)CCc2ccccc2)c(=O)oc2cc(O)cc(O)c12. The number of benzene rings is 2. The summed E-state index contributed by atoms with van der Waals surface area (Å²) in [5, 5.41) is 22.9. The summed E-state index contributed by atoms with van der Waals surface area (Å²) in [5.41, 5.74) is 1.30. The molecule has 3 aromatic rings. The van der Waals surface area contributed by atoms with Crippen molar-refractivity contribution >= 4 is 16.9 Å². The van der Waals surface area contributed by atoms with Crippen molar-refractivity contribution in [3.63, 3.8) is 0 Å². The molecule has 1 aromatic heterocycles. The van der Waals surface area contributed by atoms with Crippen molar-refractivity contribution in [3.05, 3.63) is 69.6 Å². The molecule has 0 aliphatic rings. The number of phenolic OH excluding ortho intramolecular Hbond substituents is 2. The van der Waals surface area contributed by atoms with E-state index >= 15 is 0 Å². The maximum atomic E-state index is 12.4. The van der Waals surface area contributed by atoms with Crippen LogP contribution in [-0.2, 0) is 17.6 Å². The molecule has 6 nitrogen and oxygen atoms in total. The molecule has 1 heterocycles. The molecule has 1 amide bonds. The minimum atomic E-state index is -0.651. The first-order valence-electron chi connectivity index (χ1n) is 9.16. The summed E-state index contributed by atoms with van der Waals surface area (Å²) < 4.78 is 5.19. The van der Waals surface area contributed by atoms with Crippen LogP contribution in [0.2, 0.25) is 0 Å². The second-order valence-electron chi connectivity index (χ2n) is 7.00. The monoisotopic (exact) mass is 381 g/mol. The molecule has 0 saturated carbocycles. The Bertz CT molecular complexity index is 1060. The van der Waals surface area contributed by atoms with Crippen LogP contribution in [0.15, 0.2) is 51.7 Å². The maximum absolute atomic E-state index is 12.4. The van der Waals surface area contributed by atoms with Gasteiger partial charge in [0.1, 0.15) is 17.1 Å². The van der Waals surface area contributed by atoms with Crippen LogP contribution in [-0.4, -0.2) is 22.2 Å². The van der Waals surface area contributed by atoms with Gasteiger partial charge in [-0.1, -0.05) is 30.3 Å². The summed E-state index contributed by atoms with van der Waals surface area (Å²) in [6.45, 7) is 3.57. The smallest absolute Gasteiger partial charge is 0.340 e. The predicted octanol–water partition coefficient (Wildman–Crippen LogP) is 3.19. The summed E-state index contributed by atoms with van der Waals surface area (Å²) in [7, 11) is 0. The highest BCUT2D eigenvalue weighted by Gasteiger charge is 2.18. The number of phenols is 2. The van der Waals surface area contributed by atoms with Gasteiger partial charge in [-0.15, -0.1) is 0 Å². The van der Waals surface area contributed by atoms with Gasteiger partial charge in [0.25, 0.3) is 0 Å². The van der Waals surface area contributed by atoms with E-state index in [-0.39, 0.29) is 41.0 Å². The van der Waals surface area contributed by atoms with Crippen molar-refractivity contribution in [1.29, 1.82) is 0 Å². The normalized spacial score (nSPS) is 12.1. The van der Waals surface area contributed by atoms with E-state index in [0.717, 1.165) is 12.8 Å². The number of nitrogens with one attached hydrogen (secondary N) is 1. The van der Waals surface area contributed by atoms with Gasteiger partial charge in [-0.05, 0) is 37.8 Å². The molecule has 146 valence electrons. The predicted molar refractivity (Wildman–Crippen MR) is 107 cm³/mol. The zero-order valence-corrected chi connectivity index (χ0v) is 15.9. The number of amides is 1. The number of hydrogen-bond donors (Lipinski definition) is 3. The molecule has 0 saturated heterocycles. The third-order valence-corrected chi connectivity index (χ3v) is 4.80. The quantitative estimate of drug-likeness (QED) is 0.570. The zero-order chi connectivity index (χ0) is 20.3. The van der Waals surface area contributed by atoms with E-state index in [2.05, 4.69) is 5.32 Å². The molecular formula is C22H23NO5. The number of rotatable bonds is 6. The minimum Gasteiger partial charge on any atom is -0.508 e. The maximum Gasteiger partial charge on any atom is 0.340 e. The van der Waals surface area contributed by atoms with E-state index in [9.17, 15) is 19.8 Å². The fourth-order valence-corrected chi connectivity index (χ4v) is 3.30. The number of hydrogen-bond acceptors (Lipinski definition) is 5. The van der Waals surface area contributed by atoms with Crippen molar-refractivity contribution in [2.45, 2.75) is 39.2 Å². The van der Waals surface area contributed by atoms with Crippen LogP contribution in [0, 0.1) is 6.92 Å². The molecule has 2 aromatic carbocycles. The summed E-state index contributed by atoms with van der Waals surface area (Å²) in [6, 6.07) is 12.4. The molecular weight excluding hydrogens is 358 g/mol. The molecule has 0 fully saturated rings. The number of fused-ring (bicyclic) bond motifs is 1. The van der Waals surface area contributed by atoms with Gasteiger partial charge in [-0.2, -0.15) is 0 Å². The van der Waals surface area contributed by atoms with Crippen LogP contribution in [0.1, 0.15) is 30.0 Å². The molecule has 3 rings (SSSR count). The lowest BCUT2D eigenvalue weighted by Gasteiger charge is -2.15. The van der Waals surface area contributed by atoms with Crippen LogP contribution in [0.25, 0.3) is 11.0 Å². The highest BCUT2D eigenvalue weighted by molar-refractivity contribution is 5.90. The zero-order valence-electron chi connectivity index (χ0n) is 15.9. The summed E-state index contributed by atoms with van der Waals surface area (Å²) in [4.78, 5) is 24.7. The third kappa shape index (κ3) is 4.34. The fourth-order valence-electron chi connectivity index (χ4n) is 3.30. The molecule has 1 atom stereocenters. The van der Waals surface area contributed by atoms with Gasteiger partial charge in [0.05, 0.1) is 17.4 Å².